The number of benzene rings is 1. The van der Waals surface area contributed by atoms with Gasteiger partial charge in [0.2, 0.25) is 0 Å². The number of likely N-dealkylation sites (tertiary alicyclic amines) is 1. The molecule has 2 fully saturated rings. The predicted octanol–water partition coefficient (Wildman–Crippen LogP) is 0.607. The highest BCUT2D eigenvalue weighted by Gasteiger charge is 2.33. The number of carbonyl (C=O) groups is 3. The van der Waals surface area contributed by atoms with E-state index in [0.717, 1.165) is 0 Å². The summed E-state index contributed by atoms with van der Waals surface area (Å²) in [6.45, 7) is 5.61. The predicted molar refractivity (Wildman–Crippen MR) is 117 cm³/mol. The minimum atomic E-state index is -0.729. The molecule has 2 aliphatic rings. The number of piperazine rings is 1. The Hall–Kier alpha value is -2.62. The molecule has 2 amide bonds. The zero-order chi connectivity index (χ0) is 22.4. The van der Waals surface area contributed by atoms with Crippen LogP contribution in [0.5, 0.6) is 0 Å². The molecule has 2 aliphatic heterocycles. The monoisotopic (exact) mass is 447 g/mol. The van der Waals surface area contributed by atoms with Gasteiger partial charge >= 0.3 is 0 Å². The van der Waals surface area contributed by atoms with Crippen LogP contribution in [-0.2, 0) is 4.79 Å². The minimum absolute atomic E-state index is 0.0150. The van der Waals surface area contributed by atoms with E-state index in [1.54, 1.807) is 17.0 Å². The maximum absolute atomic E-state index is 13.3. The number of nitrogens with zero attached hydrogens (tertiary/aromatic N) is 3. The van der Waals surface area contributed by atoms with Crippen LogP contribution in [0.3, 0.4) is 0 Å². The number of amides is 2. The molecule has 1 aromatic carbocycles. The second-order valence-electron chi connectivity index (χ2n) is 8.44. The van der Waals surface area contributed by atoms with Gasteiger partial charge in [-0.05, 0) is 32.4 Å². The average molecular weight is 448 g/mol. The van der Waals surface area contributed by atoms with Crippen LogP contribution >= 0.6 is 11.6 Å². The van der Waals surface area contributed by atoms with Crippen molar-refractivity contribution in [2.24, 2.45) is 0 Å². The average Bonchev–Trinajstić information content (AvgIpc) is 3.31. The van der Waals surface area contributed by atoms with Crippen molar-refractivity contribution < 1.29 is 19.5 Å². The molecular weight excluding hydrogens is 422 g/mol. The number of ketones is 1. The summed E-state index contributed by atoms with van der Waals surface area (Å²) in [4.78, 5) is 42.0. The van der Waals surface area contributed by atoms with Gasteiger partial charge in [0.25, 0.3) is 17.6 Å². The molecular formula is C21H26ClN5O4. The number of Topliss-reactive ketones (excluding diaryl/α,β-unsaturated/α-hetero) is 1. The molecule has 2 saturated heterocycles. The summed E-state index contributed by atoms with van der Waals surface area (Å²) in [5, 5.41) is 13.6. The molecule has 0 spiro atoms. The van der Waals surface area contributed by atoms with Crippen LogP contribution in [-0.4, -0.2) is 81.5 Å². The van der Waals surface area contributed by atoms with Gasteiger partial charge in [-0.1, -0.05) is 11.6 Å². The van der Waals surface area contributed by atoms with Crippen molar-refractivity contribution in [1.82, 2.24) is 19.8 Å². The summed E-state index contributed by atoms with van der Waals surface area (Å²) in [5.41, 5.74) is 0.816. The Morgan fingerprint density at radius 2 is 1.94 bits per heavy atom. The number of nitrogen functional groups attached to an aromatic ring is 1. The molecule has 9 nitrogen and oxygen atoms in total. The Balaban J connectivity index is 1.71. The number of aliphatic hydroxyl groups excluding tert-OH is 1. The number of rotatable bonds is 3. The summed E-state index contributed by atoms with van der Waals surface area (Å²) >= 11 is 6.42. The van der Waals surface area contributed by atoms with Crippen molar-refractivity contribution in [2.75, 3.05) is 32.0 Å². The quantitative estimate of drug-likeness (QED) is 0.360. The molecule has 0 saturated carbocycles. The standard InChI is InChI=1S/C21H26ClN5O4/c1-11-8-26(12(2)7-24-11)20(30)15-5-14-16(10-27(23)18(14)6-17(15)22)19(29)21(31)25-4-3-13(28)9-25/h5-6,10-13,24,28H,3-4,7-9,23H2,1-2H3/t11-,12?,13?/m0/s1. The van der Waals surface area contributed by atoms with Crippen molar-refractivity contribution in [2.45, 2.75) is 38.5 Å². The van der Waals surface area contributed by atoms with Crippen LogP contribution in [0.2, 0.25) is 5.02 Å². The lowest BCUT2D eigenvalue weighted by atomic mass is 10.0. The summed E-state index contributed by atoms with van der Waals surface area (Å²) in [5.74, 6) is 4.35. The van der Waals surface area contributed by atoms with E-state index in [9.17, 15) is 19.5 Å². The number of aliphatic hydroxyl groups is 1. The normalized spacial score (nSPS) is 24.1. The first kappa shape index (κ1) is 21.6. The minimum Gasteiger partial charge on any atom is -0.391 e. The fourth-order valence-corrected chi connectivity index (χ4v) is 4.50. The number of nitrogens with one attached hydrogen (secondary N) is 1. The lowest BCUT2D eigenvalue weighted by molar-refractivity contribution is -0.125. The number of carbonyl (C=O) groups excluding carboxylic acids is 3. The third kappa shape index (κ3) is 3.88. The summed E-state index contributed by atoms with van der Waals surface area (Å²) in [6, 6.07) is 3.22. The van der Waals surface area contributed by atoms with Crippen LogP contribution in [0.25, 0.3) is 10.9 Å². The topological polar surface area (TPSA) is 121 Å². The number of β-amino-alcohol motifs (C(OH)–C–C–N with tert-alkyl or cyclic N) is 1. The van der Waals surface area contributed by atoms with Gasteiger partial charge in [0.05, 0.1) is 27.8 Å². The van der Waals surface area contributed by atoms with E-state index in [0.29, 0.717) is 37.0 Å². The molecule has 166 valence electrons. The van der Waals surface area contributed by atoms with Crippen molar-refractivity contribution >= 4 is 40.1 Å². The summed E-state index contributed by atoms with van der Waals surface area (Å²) < 4.78 is 1.23. The smallest absolute Gasteiger partial charge is 0.295 e. The van der Waals surface area contributed by atoms with Crippen molar-refractivity contribution in [1.29, 1.82) is 0 Å². The number of halogens is 1. The van der Waals surface area contributed by atoms with E-state index < -0.39 is 17.8 Å². The first-order chi connectivity index (χ1) is 14.7. The third-order valence-electron chi connectivity index (χ3n) is 6.07. The van der Waals surface area contributed by atoms with Gasteiger partial charge in [-0.25, -0.2) is 0 Å². The van der Waals surface area contributed by atoms with Gasteiger partial charge in [0.15, 0.2) is 0 Å². The molecule has 4 N–H and O–H groups in total. The first-order valence-corrected chi connectivity index (χ1v) is 10.7. The maximum atomic E-state index is 13.3. The molecule has 2 unspecified atom stereocenters. The molecule has 3 heterocycles. The lowest BCUT2D eigenvalue weighted by Gasteiger charge is -2.37. The fourth-order valence-electron chi connectivity index (χ4n) is 4.26. The van der Waals surface area contributed by atoms with Crippen molar-refractivity contribution in [3.8, 4) is 0 Å². The fraction of sp³-hybridized carbons (Fsp3) is 0.476. The molecule has 0 bridgehead atoms. The highest BCUT2D eigenvalue weighted by atomic mass is 35.5. The largest absolute Gasteiger partial charge is 0.391 e. The van der Waals surface area contributed by atoms with Gasteiger partial charge in [0, 0.05) is 49.8 Å². The zero-order valence-corrected chi connectivity index (χ0v) is 18.2. The SMILES string of the molecule is CC1CN[C@@H](C)CN1C(=O)c1cc2c(C(=O)C(=O)N3CCC(O)C3)cn(N)c2cc1Cl. The van der Waals surface area contributed by atoms with E-state index in [-0.39, 0.29) is 40.7 Å². The molecule has 0 radical (unpaired) electrons. The van der Waals surface area contributed by atoms with E-state index in [4.69, 9.17) is 17.4 Å². The van der Waals surface area contributed by atoms with Crippen LogP contribution < -0.4 is 11.2 Å². The van der Waals surface area contributed by atoms with E-state index >= 15 is 0 Å². The molecule has 2 aromatic rings. The highest BCUT2D eigenvalue weighted by Crippen LogP contribution is 2.30. The van der Waals surface area contributed by atoms with Crippen molar-refractivity contribution in [3.63, 3.8) is 0 Å². The van der Waals surface area contributed by atoms with E-state index in [2.05, 4.69) is 5.32 Å². The maximum Gasteiger partial charge on any atom is 0.295 e. The zero-order valence-electron chi connectivity index (χ0n) is 17.5. The second-order valence-corrected chi connectivity index (χ2v) is 8.85. The van der Waals surface area contributed by atoms with Crippen LogP contribution in [0.1, 0.15) is 41.0 Å². The van der Waals surface area contributed by atoms with Crippen LogP contribution in [0, 0.1) is 0 Å². The Kier molecular flexibility index (Phi) is 5.67. The lowest BCUT2D eigenvalue weighted by Crippen LogP contribution is -2.56. The molecule has 3 atom stereocenters. The highest BCUT2D eigenvalue weighted by molar-refractivity contribution is 6.45. The first-order valence-electron chi connectivity index (χ1n) is 10.3. The van der Waals surface area contributed by atoms with E-state index in [1.807, 2.05) is 13.8 Å². The summed E-state index contributed by atoms with van der Waals surface area (Å²) in [7, 11) is 0. The number of nitrogens with two attached hydrogens (primary N) is 1. The van der Waals surface area contributed by atoms with Crippen LogP contribution in [0.15, 0.2) is 18.3 Å². The molecule has 10 heteroatoms. The number of aromatic nitrogens is 1. The van der Waals surface area contributed by atoms with Gasteiger partial charge in [-0.15, -0.1) is 0 Å². The number of hydrogen-bond donors (Lipinski definition) is 3. The molecule has 1 aromatic heterocycles. The Morgan fingerprint density at radius 1 is 1.19 bits per heavy atom. The number of hydrogen-bond acceptors (Lipinski definition) is 6. The van der Waals surface area contributed by atoms with Crippen LogP contribution in [0.4, 0.5) is 0 Å². The molecule has 4 rings (SSSR count). The van der Waals surface area contributed by atoms with E-state index in [1.165, 1.54) is 15.8 Å². The Bertz CT molecular complexity index is 1070. The Labute approximate surface area is 184 Å². The molecule has 0 aliphatic carbocycles. The van der Waals surface area contributed by atoms with Gasteiger partial charge in [-0.3, -0.25) is 19.1 Å². The van der Waals surface area contributed by atoms with Gasteiger partial charge in [-0.2, -0.15) is 0 Å². The second kappa shape index (κ2) is 8.14. The van der Waals surface area contributed by atoms with Gasteiger partial charge < -0.3 is 26.1 Å². The van der Waals surface area contributed by atoms with Crippen molar-refractivity contribution in [3.05, 3.63) is 34.5 Å². The number of fused-ring (bicyclic) bond motifs is 1. The summed E-state index contributed by atoms with van der Waals surface area (Å²) in [6.07, 6.45) is 1.18. The molecule has 31 heavy (non-hydrogen) atoms. The third-order valence-corrected chi connectivity index (χ3v) is 6.38. The Morgan fingerprint density at radius 3 is 2.61 bits per heavy atom. The van der Waals surface area contributed by atoms with Gasteiger partial charge in [0.1, 0.15) is 0 Å².